The second kappa shape index (κ2) is 5.94. The van der Waals surface area contributed by atoms with Gasteiger partial charge in [0.15, 0.2) is 0 Å². The SMILES string of the molecule is CC1CCCCC1N(C)Cc1cc(N)cc(Cl)c1. The number of hydrogen-bond acceptors (Lipinski definition) is 2. The Hall–Kier alpha value is -0.730. The molecule has 0 radical (unpaired) electrons. The Morgan fingerprint density at radius 1 is 1.28 bits per heavy atom. The van der Waals surface area contributed by atoms with Gasteiger partial charge in [-0.05, 0) is 49.6 Å². The van der Waals surface area contributed by atoms with Gasteiger partial charge in [-0.15, -0.1) is 0 Å². The minimum Gasteiger partial charge on any atom is -0.399 e. The summed E-state index contributed by atoms with van der Waals surface area (Å²) in [7, 11) is 2.21. The van der Waals surface area contributed by atoms with Crippen LogP contribution in [0.15, 0.2) is 18.2 Å². The molecule has 1 aromatic carbocycles. The van der Waals surface area contributed by atoms with Gasteiger partial charge in [0.2, 0.25) is 0 Å². The quantitative estimate of drug-likeness (QED) is 0.840. The van der Waals surface area contributed by atoms with Gasteiger partial charge in [0.05, 0.1) is 0 Å². The summed E-state index contributed by atoms with van der Waals surface area (Å²) in [5.74, 6) is 0.792. The van der Waals surface area contributed by atoms with Crippen LogP contribution in [0.2, 0.25) is 5.02 Å². The van der Waals surface area contributed by atoms with Crippen LogP contribution in [0.4, 0.5) is 5.69 Å². The van der Waals surface area contributed by atoms with Crippen LogP contribution in [0, 0.1) is 5.92 Å². The highest BCUT2D eigenvalue weighted by Gasteiger charge is 2.24. The number of nitrogens with zero attached hydrogens (tertiary/aromatic N) is 1. The highest BCUT2D eigenvalue weighted by molar-refractivity contribution is 6.30. The van der Waals surface area contributed by atoms with Crippen molar-refractivity contribution >= 4 is 17.3 Å². The van der Waals surface area contributed by atoms with Gasteiger partial charge in [0.25, 0.3) is 0 Å². The summed E-state index contributed by atoms with van der Waals surface area (Å²) < 4.78 is 0. The largest absolute Gasteiger partial charge is 0.399 e. The second-order valence-corrected chi connectivity index (χ2v) is 6.07. The molecular formula is C15H23ClN2. The van der Waals surface area contributed by atoms with E-state index >= 15 is 0 Å². The zero-order valence-corrected chi connectivity index (χ0v) is 12.1. The molecule has 0 bridgehead atoms. The first kappa shape index (κ1) is 13.7. The lowest BCUT2D eigenvalue weighted by molar-refractivity contribution is 0.133. The number of halogens is 1. The number of nitrogen functional groups attached to an aromatic ring is 1. The number of hydrogen-bond donors (Lipinski definition) is 1. The molecule has 1 aliphatic carbocycles. The molecule has 0 spiro atoms. The first-order valence-electron chi connectivity index (χ1n) is 6.81. The molecule has 1 saturated carbocycles. The third-order valence-electron chi connectivity index (χ3n) is 4.04. The lowest BCUT2D eigenvalue weighted by Crippen LogP contribution is -2.38. The van der Waals surface area contributed by atoms with Gasteiger partial charge in [-0.3, -0.25) is 4.90 Å². The zero-order chi connectivity index (χ0) is 13.1. The van der Waals surface area contributed by atoms with Crippen LogP contribution in [-0.4, -0.2) is 18.0 Å². The zero-order valence-electron chi connectivity index (χ0n) is 11.3. The van der Waals surface area contributed by atoms with Gasteiger partial charge in [0.1, 0.15) is 0 Å². The standard InChI is InChI=1S/C15H23ClN2/c1-11-5-3-4-6-15(11)18(2)10-12-7-13(16)9-14(17)8-12/h7-9,11,15H,3-6,10,17H2,1-2H3. The van der Waals surface area contributed by atoms with Crippen molar-refractivity contribution in [1.82, 2.24) is 4.90 Å². The van der Waals surface area contributed by atoms with Gasteiger partial charge in [-0.25, -0.2) is 0 Å². The number of rotatable bonds is 3. The molecule has 1 aliphatic rings. The minimum atomic E-state index is 0.693. The van der Waals surface area contributed by atoms with Crippen LogP contribution in [-0.2, 0) is 6.54 Å². The molecule has 2 rings (SSSR count). The summed E-state index contributed by atoms with van der Waals surface area (Å²) in [5.41, 5.74) is 7.80. The van der Waals surface area contributed by atoms with E-state index in [1.807, 2.05) is 12.1 Å². The maximum atomic E-state index is 6.05. The van der Waals surface area contributed by atoms with Gasteiger partial charge < -0.3 is 5.73 Å². The average Bonchev–Trinajstić information content (AvgIpc) is 2.27. The fraction of sp³-hybridized carbons (Fsp3) is 0.600. The summed E-state index contributed by atoms with van der Waals surface area (Å²) >= 11 is 6.05. The third kappa shape index (κ3) is 3.39. The fourth-order valence-corrected chi connectivity index (χ4v) is 3.39. The maximum absolute atomic E-state index is 6.05. The third-order valence-corrected chi connectivity index (χ3v) is 4.26. The van der Waals surface area contributed by atoms with E-state index in [0.717, 1.165) is 23.2 Å². The van der Waals surface area contributed by atoms with Crippen molar-refractivity contribution in [2.24, 2.45) is 5.92 Å². The van der Waals surface area contributed by atoms with E-state index < -0.39 is 0 Å². The van der Waals surface area contributed by atoms with Crippen LogP contribution < -0.4 is 5.73 Å². The molecule has 0 saturated heterocycles. The molecule has 0 aliphatic heterocycles. The summed E-state index contributed by atoms with van der Waals surface area (Å²) in [6, 6.07) is 6.53. The van der Waals surface area contributed by atoms with Gasteiger partial charge in [-0.1, -0.05) is 31.4 Å². The van der Waals surface area contributed by atoms with E-state index in [4.69, 9.17) is 17.3 Å². The molecule has 3 heteroatoms. The van der Waals surface area contributed by atoms with Crippen molar-refractivity contribution in [3.8, 4) is 0 Å². The Labute approximate surface area is 115 Å². The van der Waals surface area contributed by atoms with Crippen LogP contribution in [0.25, 0.3) is 0 Å². The smallest absolute Gasteiger partial charge is 0.0429 e. The Bertz CT molecular complexity index is 385. The van der Waals surface area contributed by atoms with E-state index in [1.54, 1.807) is 6.07 Å². The van der Waals surface area contributed by atoms with E-state index in [2.05, 4.69) is 18.9 Å². The molecular weight excluding hydrogens is 244 g/mol. The Morgan fingerprint density at radius 3 is 2.67 bits per heavy atom. The Kier molecular flexibility index (Phi) is 4.52. The van der Waals surface area contributed by atoms with Gasteiger partial charge >= 0.3 is 0 Å². The van der Waals surface area contributed by atoms with Crippen molar-refractivity contribution in [3.63, 3.8) is 0 Å². The summed E-state index contributed by atoms with van der Waals surface area (Å²) in [4.78, 5) is 2.45. The van der Waals surface area contributed by atoms with E-state index in [0.29, 0.717) is 6.04 Å². The number of benzene rings is 1. The predicted molar refractivity (Wildman–Crippen MR) is 78.8 cm³/mol. The van der Waals surface area contributed by atoms with Crippen molar-refractivity contribution in [2.45, 2.75) is 45.2 Å². The molecule has 2 unspecified atom stereocenters. The molecule has 1 fully saturated rings. The second-order valence-electron chi connectivity index (χ2n) is 5.64. The summed E-state index contributed by atoms with van der Waals surface area (Å²) in [6.07, 6.45) is 5.41. The lowest BCUT2D eigenvalue weighted by atomic mass is 9.85. The maximum Gasteiger partial charge on any atom is 0.0429 e. The fourth-order valence-electron chi connectivity index (χ4n) is 3.12. The number of anilines is 1. The van der Waals surface area contributed by atoms with Gasteiger partial charge in [-0.2, -0.15) is 0 Å². The molecule has 2 N–H and O–H groups in total. The Balaban J connectivity index is 2.03. The molecule has 2 nitrogen and oxygen atoms in total. The van der Waals surface area contributed by atoms with E-state index in [9.17, 15) is 0 Å². The molecule has 0 heterocycles. The highest BCUT2D eigenvalue weighted by Crippen LogP contribution is 2.28. The van der Waals surface area contributed by atoms with Crippen LogP contribution in [0.5, 0.6) is 0 Å². The molecule has 18 heavy (non-hydrogen) atoms. The van der Waals surface area contributed by atoms with Crippen LogP contribution in [0.3, 0.4) is 0 Å². The minimum absolute atomic E-state index is 0.693. The molecule has 0 amide bonds. The average molecular weight is 267 g/mol. The topological polar surface area (TPSA) is 29.3 Å². The Morgan fingerprint density at radius 2 is 2.00 bits per heavy atom. The van der Waals surface area contributed by atoms with Crippen LogP contribution in [0.1, 0.15) is 38.2 Å². The summed E-state index contributed by atoms with van der Waals surface area (Å²) in [5, 5.41) is 0.732. The predicted octanol–water partition coefficient (Wildman–Crippen LogP) is 3.93. The highest BCUT2D eigenvalue weighted by atomic mass is 35.5. The van der Waals surface area contributed by atoms with Crippen LogP contribution >= 0.6 is 11.6 Å². The molecule has 1 aromatic rings. The molecule has 2 atom stereocenters. The first-order chi connectivity index (χ1) is 8.56. The molecule has 100 valence electrons. The monoisotopic (exact) mass is 266 g/mol. The summed E-state index contributed by atoms with van der Waals surface area (Å²) in [6.45, 7) is 3.30. The molecule has 0 aromatic heterocycles. The van der Waals surface area contributed by atoms with E-state index in [1.165, 1.54) is 31.2 Å². The van der Waals surface area contributed by atoms with Crippen molar-refractivity contribution < 1.29 is 0 Å². The normalized spacial score (nSPS) is 24.4. The number of nitrogens with two attached hydrogens (primary N) is 1. The van der Waals surface area contributed by atoms with Gasteiger partial charge in [0, 0.05) is 23.3 Å². The lowest BCUT2D eigenvalue weighted by Gasteiger charge is -2.36. The van der Waals surface area contributed by atoms with Crippen molar-refractivity contribution in [1.29, 1.82) is 0 Å². The van der Waals surface area contributed by atoms with Crippen molar-refractivity contribution in [2.75, 3.05) is 12.8 Å². The van der Waals surface area contributed by atoms with Crippen molar-refractivity contribution in [3.05, 3.63) is 28.8 Å². The van der Waals surface area contributed by atoms with E-state index in [-0.39, 0.29) is 0 Å². The first-order valence-corrected chi connectivity index (χ1v) is 7.19.